The van der Waals surface area contributed by atoms with Gasteiger partial charge in [-0.1, -0.05) is 30.1 Å². The van der Waals surface area contributed by atoms with Gasteiger partial charge in [-0.15, -0.1) is 0 Å². The molecule has 2 rings (SSSR count). The van der Waals surface area contributed by atoms with Gasteiger partial charge in [-0.25, -0.2) is 0 Å². The summed E-state index contributed by atoms with van der Waals surface area (Å²) in [6, 6.07) is 5.08. The Morgan fingerprint density at radius 1 is 1.35 bits per heavy atom. The van der Waals surface area contributed by atoms with Crippen molar-refractivity contribution < 1.29 is 5.11 Å². The maximum Gasteiger partial charge on any atom is 0.134 e. The minimum atomic E-state index is 0.0641. The standard InChI is InChI=1S/C14H17Cl2N3O/c1-2-18(8-9-19-7-3-6-17-19)10-11-12(15)4-5-13(20)14(11)16/h3-7,20H,2,8-10H2,1H3. The first-order chi connectivity index (χ1) is 9.61. The highest BCUT2D eigenvalue weighted by Gasteiger charge is 2.13. The van der Waals surface area contributed by atoms with Crippen LogP contribution in [0.4, 0.5) is 0 Å². The Hall–Kier alpha value is -1.23. The summed E-state index contributed by atoms with van der Waals surface area (Å²) in [5.74, 6) is 0.0641. The molecule has 0 amide bonds. The molecule has 6 heteroatoms. The lowest BCUT2D eigenvalue weighted by Crippen LogP contribution is -2.27. The van der Waals surface area contributed by atoms with E-state index in [1.54, 1.807) is 12.3 Å². The molecule has 0 aliphatic rings. The van der Waals surface area contributed by atoms with Crippen LogP contribution >= 0.6 is 23.2 Å². The second-order valence-corrected chi connectivity index (χ2v) is 5.28. The van der Waals surface area contributed by atoms with Gasteiger partial charge in [0.25, 0.3) is 0 Å². The van der Waals surface area contributed by atoms with Crippen LogP contribution in [0.15, 0.2) is 30.6 Å². The molecule has 0 fully saturated rings. The molecule has 1 heterocycles. The number of nitrogens with zero attached hydrogens (tertiary/aromatic N) is 3. The van der Waals surface area contributed by atoms with Crippen LogP contribution in [0, 0.1) is 0 Å². The molecule has 0 aliphatic heterocycles. The topological polar surface area (TPSA) is 41.3 Å². The molecule has 0 radical (unpaired) electrons. The zero-order chi connectivity index (χ0) is 14.5. The molecule has 4 nitrogen and oxygen atoms in total. The SMILES string of the molecule is CCN(CCn1cccn1)Cc1c(Cl)ccc(O)c1Cl. The molecule has 0 bridgehead atoms. The molecule has 0 aliphatic carbocycles. The van der Waals surface area contributed by atoms with Crippen molar-refractivity contribution in [2.24, 2.45) is 0 Å². The smallest absolute Gasteiger partial charge is 0.134 e. The van der Waals surface area contributed by atoms with Crippen molar-refractivity contribution in [3.8, 4) is 5.75 Å². The molecule has 0 spiro atoms. The van der Waals surface area contributed by atoms with Crippen molar-refractivity contribution >= 4 is 23.2 Å². The van der Waals surface area contributed by atoms with E-state index in [4.69, 9.17) is 23.2 Å². The Morgan fingerprint density at radius 2 is 2.15 bits per heavy atom. The van der Waals surface area contributed by atoms with Gasteiger partial charge in [0.15, 0.2) is 0 Å². The molecule has 0 saturated carbocycles. The Kier molecular flexibility index (Phi) is 5.29. The van der Waals surface area contributed by atoms with Crippen molar-refractivity contribution in [3.05, 3.63) is 46.2 Å². The molecule has 0 atom stereocenters. The highest BCUT2D eigenvalue weighted by Crippen LogP contribution is 2.33. The second-order valence-electron chi connectivity index (χ2n) is 4.50. The van der Waals surface area contributed by atoms with Crippen LogP contribution in [0.5, 0.6) is 5.75 Å². The molecule has 1 aromatic carbocycles. The Morgan fingerprint density at radius 3 is 2.80 bits per heavy atom. The Bertz CT molecular complexity index is 558. The zero-order valence-electron chi connectivity index (χ0n) is 11.3. The fourth-order valence-corrected chi connectivity index (χ4v) is 2.47. The maximum absolute atomic E-state index is 9.67. The van der Waals surface area contributed by atoms with E-state index in [0.29, 0.717) is 16.6 Å². The van der Waals surface area contributed by atoms with Gasteiger partial charge in [0.2, 0.25) is 0 Å². The summed E-state index contributed by atoms with van der Waals surface area (Å²) in [6.07, 6.45) is 3.70. The number of halogens is 2. The van der Waals surface area contributed by atoms with Gasteiger partial charge in [0.1, 0.15) is 5.75 Å². The van der Waals surface area contributed by atoms with Gasteiger partial charge < -0.3 is 5.11 Å². The highest BCUT2D eigenvalue weighted by atomic mass is 35.5. The van der Waals surface area contributed by atoms with Crippen LogP contribution in [-0.4, -0.2) is 32.9 Å². The number of aromatic nitrogens is 2. The van der Waals surface area contributed by atoms with E-state index in [0.717, 1.165) is 25.2 Å². The summed E-state index contributed by atoms with van der Waals surface area (Å²) < 4.78 is 1.88. The monoisotopic (exact) mass is 313 g/mol. The van der Waals surface area contributed by atoms with Crippen LogP contribution in [0.25, 0.3) is 0 Å². The van der Waals surface area contributed by atoms with Crippen molar-refractivity contribution in [2.45, 2.75) is 20.0 Å². The number of hydrogen-bond acceptors (Lipinski definition) is 3. The van der Waals surface area contributed by atoms with Crippen LogP contribution in [0.2, 0.25) is 10.0 Å². The summed E-state index contributed by atoms with van der Waals surface area (Å²) in [7, 11) is 0. The zero-order valence-corrected chi connectivity index (χ0v) is 12.8. The largest absolute Gasteiger partial charge is 0.506 e. The van der Waals surface area contributed by atoms with Crippen molar-refractivity contribution in [1.82, 2.24) is 14.7 Å². The summed E-state index contributed by atoms with van der Waals surface area (Å²) in [6.45, 7) is 5.18. The second kappa shape index (κ2) is 6.97. The quantitative estimate of drug-likeness (QED) is 0.888. The van der Waals surface area contributed by atoms with E-state index in [-0.39, 0.29) is 5.75 Å². The minimum Gasteiger partial charge on any atom is -0.506 e. The van der Waals surface area contributed by atoms with Gasteiger partial charge in [0, 0.05) is 36.1 Å². The first-order valence-corrected chi connectivity index (χ1v) is 7.23. The molecule has 0 unspecified atom stereocenters. The summed E-state index contributed by atoms with van der Waals surface area (Å²) >= 11 is 12.3. The van der Waals surface area contributed by atoms with Crippen LogP contribution in [-0.2, 0) is 13.1 Å². The van der Waals surface area contributed by atoms with Crippen LogP contribution in [0.3, 0.4) is 0 Å². The number of aromatic hydroxyl groups is 1. The third-order valence-corrected chi connectivity index (χ3v) is 3.97. The van der Waals surface area contributed by atoms with E-state index < -0.39 is 0 Å². The first-order valence-electron chi connectivity index (χ1n) is 6.47. The number of likely N-dealkylation sites (N-methyl/N-ethyl adjacent to an activating group) is 1. The minimum absolute atomic E-state index is 0.0641. The van der Waals surface area contributed by atoms with Gasteiger partial charge in [-0.05, 0) is 24.7 Å². The van der Waals surface area contributed by atoms with Gasteiger partial charge in [0.05, 0.1) is 11.6 Å². The van der Waals surface area contributed by atoms with E-state index >= 15 is 0 Å². The van der Waals surface area contributed by atoms with Crippen molar-refractivity contribution in [3.63, 3.8) is 0 Å². The van der Waals surface area contributed by atoms with E-state index in [1.165, 1.54) is 6.07 Å². The molecule has 0 saturated heterocycles. The third-order valence-electron chi connectivity index (χ3n) is 3.20. The highest BCUT2D eigenvalue weighted by molar-refractivity contribution is 6.36. The Labute approximate surface area is 128 Å². The predicted molar refractivity (Wildman–Crippen MR) is 81.3 cm³/mol. The molecular formula is C14H17Cl2N3O. The lowest BCUT2D eigenvalue weighted by molar-refractivity contribution is 0.263. The van der Waals surface area contributed by atoms with Crippen LogP contribution < -0.4 is 0 Å². The fourth-order valence-electron chi connectivity index (χ4n) is 1.98. The molecule has 1 aromatic heterocycles. The lowest BCUT2D eigenvalue weighted by atomic mass is 10.2. The van der Waals surface area contributed by atoms with Crippen LogP contribution in [0.1, 0.15) is 12.5 Å². The molecule has 1 N–H and O–H groups in total. The average Bonchev–Trinajstić information content (AvgIpc) is 2.96. The number of hydrogen-bond donors (Lipinski definition) is 1. The van der Waals surface area contributed by atoms with E-state index in [1.807, 2.05) is 16.9 Å². The average molecular weight is 314 g/mol. The normalized spacial score (nSPS) is 11.2. The van der Waals surface area contributed by atoms with Crippen molar-refractivity contribution in [2.75, 3.05) is 13.1 Å². The number of phenolic OH excluding ortho intramolecular Hbond substituents is 1. The lowest BCUT2D eigenvalue weighted by Gasteiger charge is -2.22. The molecule has 108 valence electrons. The number of phenols is 1. The maximum atomic E-state index is 9.67. The molecule has 20 heavy (non-hydrogen) atoms. The van der Waals surface area contributed by atoms with Gasteiger partial charge >= 0.3 is 0 Å². The van der Waals surface area contributed by atoms with E-state index in [9.17, 15) is 5.11 Å². The number of benzene rings is 1. The summed E-state index contributed by atoms with van der Waals surface area (Å²) in [5, 5.41) is 14.7. The molecule has 2 aromatic rings. The fraction of sp³-hybridized carbons (Fsp3) is 0.357. The van der Waals surface area contributed by atoms with E-state index in [2.05, 4.69) is 16.9 Å². The van der Waals surface area contributed by atoms with Crippen molar-refractivity contribution in [1.29, 1.82) is 0 Å². The van der Waals surface area contributed by atoms with Gasteiger partial charge in [-0.2, -0.15) is 5.10 Å². The first kappa shape index (κ1) is 15.2. The third kappa shape index (κ3) is 3.66. The molecular weight excluding hydrogens is 297 g/mol. The summed E-state index contributed by atoms with van der Waals surface area (Å²) in [4.78, 5) is 2.20. The Balaban J connectivity index is 2.04. The van der Waals surface area contributed by atoms with Gasteiger partial charge in [-0.3, -0.25) is 9.58 Å². The number of rotatable bonds is 6. The predicted octanol–water partition coefficient (Wildman–Crippen LogP) is 3.42. The summed E-state index contributed by atoms with van der Waals surface area (Å²) in [5.41, 5.74) is 0.760.